The molecule has 0 spiro atoms. The molecule has 2 amide bonds. The molecule has 0 unspecified atom stereocenters. The first-order valence-electron chi connectivity index (χ1n) is 11.5. The summed E-state index contributed by atoms with van der Waals surface area (Å²) in [6.45, 7) is 3.80. The van der Waals surface area contributed by atoms with Gasteiger partial charge in [0.05, 0.1) is 18.8 Å². The van der Waals surface area contributed by atoms with Crippen molar-refractivity contribution in [1.82, 2.24) is 35.8 Å². The molecule has 1 aliphatic rings. The second-order valence-corrected chi connectivity index (χ2v) is 8.98. The lowest BCUT2D eigenvalue weighted by molar-refractivity contribution is -0.140. The van der Waals surface area contributed by atoms with E-state index in [1.807, 2.05) is 0 Å². The van der Waals surface area contributed by atoms with E-state index < -0.39 is 17.9 Å². The van der Waals surface area contributed by atoms with E-state index in [0.717, 1.165) is 16.7 Å². The minimum atomic E-state index is -4.60. The van der Waals surface area contributed by atoms with Crippen molar-refractivity contribution in [2.24, 2.45) is 0 Å². The topological polar surface area (TPSA) is 140 Å². The van der Waals surface area contributed by atoms with Crippen molar-refractivity contribution in [2.45, 2.75) is 19.1 Å². The molecular weight excluding hydrogens is 525 g/mol. The number of hydrogen-bond donors (Lipinski definition) is 3. The number of nitrogens with one attached hydrogen (secondary N) is 3. The predicted molar refractivity (Wildman–Crippen MR) is 131 cm³/mol. The van der Waals surface area contributed by atoms with Gasteiger partial charge in [0.25, 0.3) is 0 Å². The monoisotopic (exact) mass is 546 g/mol. The third kappa shape index (κ3) is 5.64. The summed E-state index contributed by atoms with van der Waals surface area (Å²) >= 11 is 0.829. The average molecular weight is 547 g/mol. The summed E-state index contributed by atoms with van der Waals surface area (Å²) in [5.74, 6) is 0.737. The fraction of sp³-hybridized carbons (Fsp3) is 0.304. The van der Waals surface area contributed by atoms with Gasteiger partial charge in [-0.05, 0) is 19.1 Å². The molecule has 3 N–H and O–H groups in total. The molecule has 1 fully saturated rings. The quantitative estimate of drug-likeness (QED) is 0.326. The number of carbonyl (C=O) groups excluding carboxylic acids is 1. The maximum atomic E-state index is 13.3. The van der Waals surface area contributed by atoms with E-state index >= 15 is 0 Å². The Morgan fingerprint density at radius 3 is 2.76 bits per heavy atom. The number of rotatable bonds is 6. The molecule has 38 heavy (non-hydrogen) atoms. The molecule has 0 radical (unpaired) electrons. The van der Waals surface area contributed by atoms with Gasteiger partial charge in [-0.1, -0.05) is 0 Å². The minimum Gasteiger partial charge on any atom is -0.419 e. The molecule has 198 valence electrons. The lowest BCUT2D eigenvalue weighted by Gasteiger charge is -2.20. The highest BCUT2D eigenvalue weighted by Gasteiger charge is 2.34. The number of urea groups is 1. The summed E-state index contributed by atoms with van der Waals surface area (Å²) in [6, 6.07) is 2.46. The fourth-order valence-electron chi connectivity index (χ4n) is 3.70. The summed E-state index contributed by atoms with van der Waals surface area (Å²) in [5.41, 5.74) is 0.803. The zero-order valence-corrected chi connectivity index (χ0v) is 20.7. The largest absolute Gasteiger partial charge is 0.434 e. The zero-order valence-electron chi connectivity index (χ0n) is 19.9. The molecule has 4 aromatic heterocycles. The van der Waals surface area contributed by atoms with Crippen LogP contribution in [-0.2, 0) is 10.9 Å². The Morgan fingerprint density at radius 1 is 1.18 bits per heavy atom. The Labute approximate surface area is 217 Å². The number of alkyl halides is 3. The summed E-state index contributed by atoms with van der Waals surface area (Å²) < 4.78 is 51.1. The standard InChI is InChI=1S/C23H21F3N8O3S/c1-2-28-22(35)32-18-6-14(21-31-17(11-38-21)23(24,25)26)15(9-30-18)12-5-13(8-27-7-12)19-33-34-20(37-19)16-10-36-4-3-29-16/h5-9,11,16,29H,2-4,10H2,1H3,(H2,28,30,32,35)/t16-/m0/s1. The number of ether oxygens (including phenoxy) is 1. The van der Waals surface area contributed by atoms with Crippen molar-refractivity contribution in [3.05, 3.63) is 47.7 Å². The van der Waals surface area contributed by atoms with Crippen LogP contribution in [0, 0.1) is 0 Å². The van der Waals surface area contributed by atoms with E-state index in [9.17, 15) is 18.0 Å². The molecule has 0 aliphatic carbocycles. The van der Waals surface area contributed by atoms with E-state index in [1.165, 1.54) is 24.7 Å². The molecule has 0 aromatic carbocycles. The number of pyridine rings is 2. The molecule has 0 bridgehead atoms. The maximum absolute atomic E-state index is 13.3. The van der Waals surface area contributed by atoms with Crippen LogP contribution >= 0.6 is 11.3 Å². The highest BCUT2D eigenvalue weighted by Crippen LogP contribution is 2.39. The van der Waals surface area contributed by atoms with Gasteiger partial charge >= 0.3 is 12.2 Å². The van der Waals surface area contributed by atoms with Crippen LogP contribution in [0.25, 0.3) is 33.2 Å². The van der Waals surface area contributed by atoms with E-state index in [-0.39, 0.29) is 22.8 Å². The van der Waals surface area contributed by atoms with Gasteiger partial charge in [0, 0.05) is 53.8 Å². The molecule has 11 nitrogen and oxygen atoms in total. The molecule has 15 heteroatoms. The number of morpholine rings is 1. The predicted octanol–water partition coefficient (Wildman–Crippen LogP) is 4.14. The highest BCUT2D eigenvalue weighted by atomic mass is 32.1. The number of anilines is 1. The number of carbonyl (C=O) groups is 1. The molecule has 5 heterocycles. The van der Waals surface area contributed by atoms with Crippen LogP contribution in [0.15, 0.2) is 40.5 Å². The second-order valence-electron chi connectivity index (χ2n) is 8.12. The normalized spacial score (nSPS) is 15.8. The van der Waals surface area contributed by atoms with Gasteiger partial charge in [0.2, 0.25) is 11.8 Å². The van der Waals surface area contributed by atoms with Gasteiger partial charge in [-0.15, -0.1) is 21.5 Å². The molecule has 1 saturated heterocycles. The third-order valence-corrected chi connectivity index (χ3v) is 6.34. The van der Waals surface area contributed by atoms with Crippen LogP contribution in [0.5, 0.6) is 0 Å². The third-order valence-electron chi connectivity index (χ3n) is 5.46. The van der Waals surface area contributed by atoms with Crippen molar-refractivity contribution in [3.8, 4) is 33.2 Å². The number of amides is 2. The molecule has 0 saturated carbocycles. The smallest absolute Gasteiger partial charge is 0.419 e. The number of halogens is 3. The summed E-state index contributed by atoms with van der Waals surface area (Å²) in [4.78, 5) is 24.3. The van der Waals surface area contributed by atoms with E-state index in [4.69, 9.17) is 9.15 Å². The zero-order chi connectivity index (χ0) is 26.7. The SMILES string of the molecule is CCNC(=O)Nc1cc(-c2nc(C(F)(F)F)cs2)c(-c2cncc(-c3nnc([C@@H]4COCCN4)o3)c2)cn1. The molecule has 1 aliphatic heterocycles. The van der Waals surface area contributed by atoms with E-state index in [0.29, 0.717) is 54.4 Å². The van der Waals surface area contributed by atoms with Crippen LogP contribution in [0.2, 0.25) is 0 Å². The van der Waals surface area contributed by atoms with E-state index in [1.54, 1.807) is 13.0 Å². The number of thiazole rings is 1. The first kappa shape index (κ1) is 25.7. The Bertz CT molecular complexity index is 1440. The molecule has 5 rings (SSSR count). The lowest BCUT2D eigenvalue weighted by atomic mass is 10.0. The number of hydrogen-bond acceptors (Lipinski definition) is 10. The van der Waals surface area contributed by atoms with Gasteiger partial charge in [0.1, 0.15) is 16.9 Å². The van der Waals surface area contributed by atoms with Crippen LogP contribution in [0.4, 0.5) is 23.8 Å². The van der Waals surface area contributed by atoms with Crippen LogP contribution in [-0.4, -0.2) is 57.5 Å². The Hall–Kier alpha value is -3.95. The van der Waals surface area contributed by atoms with Gasteiger partial charge in [-0.25, -0.2) is 14.8 Å². The van der Waals surface area contributed by atoms with Crippen molar-refractivity contribution in [2.75, 3.05) is 31.6 Å². The van der Waals surface area contributed by atoms with Gasteiger partial charge in [-0.2, -0.15) is 13.2 Å². The van der Waals surface area contributed by atoms with Crippen LogP contribution in [0.1, 0.15) is 24.6 Å². The van der Waals surface area contributed by atoms with Crippen molar-refractivity contribution < 1.29 is 27.1 Å². The maximum Gasteiger partial charge on any atom is 0.434 e. The lowest BCUT2D eigenvalue weighted by Crippen LogP contribution is -2.34. The molecular formula is C23H21F3N8O3S. The van der Waals surface area contributed by atoms with Crippen LogP contribution in [0.3, 0.4) is 0 Å². The average Bonchev–Trinajstić information content (AvgIpc) is 3.60. The Morgan fingerprint density at radius 2 is 2.03 bits per heavy atom. The Kier molecular flexibility index (Phi) is 7.31. The van der Waals surface area contributed by atoms with Crippen molar-refractivity contribution >= 4 is 23.2 Å². The first-order chi connectivity index (χ1) is 18.3. The van der Waals surface area contributed by atoms with Crippen LogP contribution < -0.4 is 16.0 Å². The minimum absolute atomic E-state index is 0.0996. The number of nitrogens with zero attached hydrogens (tertiary/aromatic N) is 5. The summed E-state index contributed by atoms with van der Waals surface area (Å²) in [5, 5.41) is 17.6. The van der Waals surface area contributed by atoms with Crippen molar-refractivity contribution in [3.63, 3.8) is 0 Å². The second kappa shape index (κ2) is 10.8. The fourth-order valence-corrected chi connectivity index (χ4v) is 4.56. The summed E-state index contributed by atoms with van der Waals surface area (Å²) in [7, 11) is 0. The van der Waals surface area contributed by atoms with Gasteiger partial charge in [-0.3, -0.25) is 10.3 Å². The first-order valence-corrected chi connectivity index (χ1v) is 12.4. The van der Waals surface area contributed by atoms with Gasteiger partial charge in [0.15, 0.2) is 5.69 Å². The Balaban J connectivity index is 1.52. The van der Waals surface area contributed by atoms with Crippen molar-refractivity contribution in [1.29, 1.82) is 0 Å². The van der Waals surface area contributed by atoms with Gasteiger partial charge < -0.3 is 19.8 Å². The number of aromatic nitrogens is 5. The van der Waals surface area contributed by atoms with E-state index in [2.05, 4.69) is 41.1 Å². The molecule has 1 atom stereocenters. The molecule has 4 aromatic rings. The summed E-state index contributed by atoms with van der Waals surface area (Å²) in [6.07, 6.45) is -0.0872. The highest BCUT2D eigenvalue weighted by molar-refractivity contribution is 7.13.